The minimum absolute atomic E-state index is 0.670. The van der Waals surface area contributed by atoms with Crippen molar-refractivity contribution in [2.75, 3.05) is 13.2 Å². The van der Waals surface area contributed by atoms with Crippen molar-refractivity contribution in [3.8, 4) is 0 Å². The Kier molecular flexibility index (Phi) is 6.03. The first-order valence-corrected chi connectivity index (χ1v) is 9.50. The van der Waals surface area contributed by atoms with E-state index in [9.17, 15) is 0 Å². The first-order chi connectivity index (χ1) is 5.54. The monoisotopic (exact) mass is 208 g/mol. The van der Waals surface area contributed by atoms with Gasteiger partial charge in [0.15, 0.2) is 9.04 Å². The summed E-state index contributed by atoms with van der Waals surface area (Å²) >= 11 is 0. The maximum Gasteiger partial charge on any atom is 0.486 e. The van der Waals surface area contributed by atoms with Crippen molar-refractivity contribution in [2.45, 2.75) is 33.5 Å². The van der Waals surface area contributed by atoms with Crippen LogP contribution in [0.3, 0.4) is 0 Å². The second kappa shape index (κ2) is 5.87. The minimum atomic E-state index is -2.25. The maximum atomic E-state index is 5.75. The van der Waals surface area contributed by atoms with Crippen molar-refractivity contribution in [3.63, 3.8) is 0 Å². The van der Waals surface area contributed by atoms with E-state index in [-0.39, 0.29) is 0 Å². The fourth-order valence-electron chi connectivity index (χ4n) is 1.06. The molecule has 0 spiro atoms. The molecule has 0 aliphatic heterocycles. The van der Waals surface area contributed by atoms with Crippen LogP contribution in [0.25, 0.3) is 0 Å². The average molecular weight is 208 g/mol. The standard InChI is InChI=1S/C7H20O3Si2/c1-6-8-12(5,9-7-2)10-11(3)4/h11H,6-7H2,1-5H3. The highest BCUT2D eigenvalue weighted by molar-refractivity contribution is 6.69. The van der Waals surface area contributed by atoms with Crippen molar-refractivity contribution >= 4 is 17.8 Å². The molecule has 0 aromatic heterocycles. The molecule has 0 aliphatic rings. The first-order valence-electron chi connectivity index (χ1n) is 4.49. The molecule has 0 radical (unpaired) electrons. The fourth-order valence-corrected chi connectivity index (χ4v) is 6.16. The van der Waals surface area contributed by atoms with Gasteiger partial charge in [-0.1, -0.05) is 0 Å². The Hall–Kier alpha value is 0.314. The summed E-state index contributed by atoms with van der Waals surface area (Å²) in [6, 6.07) is 0. The molecule has 0 aromatic rings. The number of hydrogen-bond acceptors (Lipinski definition) is 3. The molecule has 74 valence electrons. The molecule has 0 aliphatic carbocycles. The van der Waals surface area contributed by atoms with Gasteiger partial charge in [-0.25, -0.2) is 0 Å². The molecular formula is C7H20O3Si2. The molecule has 0 unspecified atom stereocenters. The Morgan fingerprint density at radius 1 is 1.08 bits per heavy atom. The zero-order chi connectivity index (χ0) is 9.61. The minimum Gasteiger partial charge on any atom is -0.419 e. The molecule has 0 amide bonds. The van der Waals surface area contributed by atoms with Crippen LogP contribution < -0.4 is 0 Å². The van der Waals surface area contributed by atoms with Crippen molar-refractivity contribution in [1.29, 1.82) is 0 Å². The molecule has 3 nitrogen and oxygen atoms in total. The largest absolute Gasteiger partial charge is 0.486 e. The lowest BCUT2D eigenvalue weighted by molar-refractivity contribution is 0.124. The molecule has 0 N–H and O–H groups in total. The van der Waals surface area contributed by atoms with Crippen molar-refractivity contribution < 1.29 is 13.0 Å². The number of rotatable bonds is 6. The third-order valence-corrected chi connectivity index (χ3v) is 6.49. The third-order valence-electron chi connectivity index (χ3n) is 1.26. The van der Waals surface area contributed by atoms with Crippen LogP contribution in [0.1, 0.15) is 13.8 Å². The van der Waals surface area contributed by atoms with Crippen LogP contribution in [0, 0.1) is 0 Å². The molecular weight excluding hydrogens is 188 g/mol. The van der Waals surface area contributed by atoms with Gasteiger partial charge in [-0.05, 0) is 26.9 Å². The zero-order valence-electron chi connectivity index (χ0n) is 8.72. The molecule has 0 saturated heterocycles. The zero-order valence-corrected chi connectivity index (χ0v) is 10.9. The predicted molar refractivity (Wildman–Crippen MR) is 54.8 cm³/mol. The van der Waals surface area contributed by atoms with Crippen molar-refractivity contribution in [2.24, 2.45) is 0 Å². The van der Waals surface area contributed by atoms with Gasteiger partial charge in [0.2, 0.25) is 0 Å². The summed E-state index contributed by atoms with van der Waals surface area (Å²) in [5.41, 5.74) is 0. The maximum absolute atomic E-state index is 5.75. The van der Waals surface area contributed by atoms with Gasteiger partial charge in [-0.15, -0.1) is 0 Å². The van der Waals surface area contributed by atoms with E-state index in [0.29, 0.717) is 13.2 Å². The fraction of sp³-hybridized carbons (Fsp3) is 1.00. The summed E-state index contributed by atoms with van der Waals surface area (Å²) in [7, 11) is -3.30. The van der Waals surface area contributed by atoms with E-state index in [1.165, 1.54) is 0 Å². The van der Waals surface area contributed by atoms with Gasteiger partial charge in [0, 0.05) is 19.8 Å². The van der Waals surface area contributed by atoms with Crippen LogP contribution in [-0.2, 0) is 13.0 Å². The smallest absolute Gasteiger partial charge is 0.419 e. The summed E-state index contributed by atoms with van der Waals surface area (Å²) < 4.78 is 16.8. The molecule has 5 heteroatoms. The number of hydrogen-bond donors (Lipinski definition) is 0. The summed E-state index contributed by atoms with van der Waals surface area (Å²) in [6.07, 6.45) is 0. The lowest BCUT2D eigenvalue weighted by Gasteiger charge is -2.27. The normalized spacial score (nSPS) is 12.5. The van der Waals surface area contributed by atoms with Crippen LogP contribution in [0.4, 0.5) is 0 Å². The highest BCUT2D eigenvalue weighted by Gasteiger charge is 2.34. The van der Waals surface area contributed by atoms with Gasteiger partial charge in [-0.3, -0.25) is 0 Å². The van der Waals surface area contributed by atoms with E-state index >= 15 is 0 Å². The van der Waals surface area contributed by atoms with E-state index in [0.717, 1.165) is 0 Å². The van der Waals surface area contributed by atoms with E-state index in [1.54, 1.807) is 0 Å². The SMILES string of the molecule is CCO[Si](C)(OCC)O[SiH](C)C. The molecule has 0 rings (SSSR count). The van der Waals surface area contributed by atoms with E-state index in [4.69, 9.17) is 13.0 Å². The topological polar surface area (TPSA) is 27.7 Å². The second-order valence-electron chi connectivity index (χ2n) is 2.90. The van der Waals surface area contributed by atoms with Gasteiger partial charge in [0.05, 0.1) is 0 Å². The Balaban J connectivity index is 3.98. The molecule has 12 heavy (non-hydrogen) atoms. The van der Waals surface area contributed by atoms with Crippen molar-refractivity contribution in [3.05, 3.63) is 0 Å². The summed E-state index contributed by atoms with van der Waals surface area (Å²) in [6.45, 7) is 11.5. The molecule has 0 saturated carbocycles. The second-order valence-corrected chi connectivity index (χ2v) is 8.24. The Bertz CT molecular complexity index is 113. The van der Waals surface area contributed by atoms with Crippen LogP contribution >= 0.6 is 0 Å². The molecule has 0 fully saturated rings. The Morgan fingerprint density at radius 2 is 1.50 bits per heavy atom. The lowest BCUT2D eigenvalue weighted by atomic mass is 10.9. The lowest BCUT2D eigenvalue weighted by Crippen LogP contribution is -2.45. The van der Waals surface area contributed by atoms with Gasteiger partial charge >= 0.3 is 8.80 Å². The summed E-state index contributed by atoms with van der Waals surface area (Å²) in [4.78, 5) is 0. The van der Waals surface area contributed by atoms with E-state index in [1.807, 2.05) is 20.4 Å². The highest BCUT2D eigenvalue weighted by atomic mass is 28.4. The van der Waals surface area contributed by atoms with E-state index in [2.05, 4.69) is 13.1 Å². The average Bonchev–Trinajstić information content (AvgIpc) is 1.85. The van der Waals surface area contributed by atoms with Crippen LogP contribution in [0.2, 0.25) is 19.6 Å². The highest BCUT2D eigenvalue weighted by Crippen LogP contribution is 2.10. The van der Waals surface area contributed by atoms with Crippen molar-refractivity contribution in [1.82, 2.24) is 0 Å². The Morgan fingerprint density at radius 3 is 1.75 bits per heavy atom. The molecule has 0 atom stereocenters. The first kappa shape index (κ1) is 12.3. The van der Waals surface area contributed by atoms with Crippen LogP contribution in [-0.4, -0.2) is 31.1 Å². The molecule has 0 heterocycles. The third kappa shape index (κ3) is 5.05. The summed E-state index contributed by atoms with van der Waals surface area (Å²) in [5.74, 6) is 0. The quantitative estimate of drug-likeness (QED) is 0.621. The predicted octanol–water partition coefficient (Wildman–Crippen LogP) is 1.63. The van der Waals surface area contributed by atoms with Crippen LogP contribution in [0.15, 0.2) is 0 Å². The van der Waals surface area contributed by atoms with Gasteiger partial charge in [0.25, 0.3) is 0 Å². The van der Waals surface area contributed by atoms with E-state index < -0.39 is 17.8 Å². The van der Waals surface area contributed by atoms with Gasteiger partial charge < -0.3 is 13.0 Å². The van der Waals surface area contributed by atoms with Gasteiger partial charge in [-0.2, -0.15) is 0 Å². The van der Waals surface area contributed by atoms with Crippen LogP contribution in [0.5, 0.6) is 0 Å². The van der Waals surface area contributed by atoms with Gasteiger partial charge in [0.1, 0.15) is 0 Å². The molecule has 0 bridgehead atoms. The molecule has 0 aromatic carbocycles. The summed E-state index contributed by atoms with van der Waals surface area (Å²) in [5, 5.41) is 0. The Labute approximate surface area is 78.1 Å².